The van der Waals surface area contributed by atoms with Gasteiger partial charge >= 0.3 is 12.1 Å². The van der Waals surface area contributed by atoms with Gasteiger partial charge in [-0.25, -0.2) is 4.79 Å². The fourth-order valence-corrected chi connectivity index (χ4v) is 2.11. The molecule has 0 atom stereocenters. The fourth-order valence-electron chi connectivity index (χ4n) is 2.11. The summed E-state index contributed by atoms with van der Waals surface area (Å²) in [5.74, 6) is -0.890. The van der Waals surface area contributed by atoms with Crippen molar-refractivity contribution in [1.29, 1.82) is 0 Å². The van der Waals surface area contributed by atoms with Crippen molar-refractivity contribution >= 4 is 17.7 Å². The normalized spacial score (nSPS) is 12.9. The lowest BCUT2D eigenvalue weighted by atomic mass is 10.1. The number of carbonyl (C=O) groups is 2. The molecule has 0 bridgehead atoms. The van der Waals surface area contributed by atoms with Crippen LogP contribution in [0.3, 0.4) is 0 Å². The van der Waals surface area contributed by atoms with E-state index in [0.717, 1.165) is 17.7 Å². The van der Waals surface area contributed by atoms with Crippen LogP contribution in [0.4, 0.5) is 10.5 Å². The number of fused-ring (bicyclic) bond motifs is 1. The molecule has 1 N–H and O–H groups in total. The van der Waals surface area contributed by atoms with Crippen LogP contribution in [0.5, 0.6) is 0 Å². The van der Waals surface area contributed by atoms with Gasteiger partial charge in [0.15, 0.2) is 0 Å². The van der Waals surface area contributed by atoms with E-state index in [4.69, 9.17) is 9.84 Å². The molecule has 0 radical (unpaired) electrons. The molecule has 0 aliphatic carbocycles. The van der Waals surface area contributed by atoms with Crippen LogP contribution in [0.2, 0.25) is 0 Å². The molecule has 1 amide bonds. The second kappa shape index (κ2) is 5.56. The first-order valence-electron chi connectivity index (χ1n) is 6.00. The number of benzene rings is 1. The van der Waals surface area contributed by atoms with Crippen LogP contribution in [0, 0.1) is 0 Å². The second-order valence-corrected chi connectivity index (χ2v) is 4.30. The third kappa shape index (κ3) is 2.93. The van der Waals surface area contributed by atoms with Crippen LogP contribution < -0.4 is 4.90 Å². The van der Waals surface area contributed by atoms with Gasteiger partial charge in [-0.15, -0.1) is 0 Å². The molecule has 0 aromatic heterocycles. The minimum atomic E-state index is -0.890. The standard InChI is InChI=1S/C14H15NO4/c1-2-7-19-14(18)15-6-5-11-4-3-10(8-12(11)15)9-13(16)17/h2-4,8H,1,5-7,9H2,(H,16,17). The molecule has 0 fully saturated rings. The van der Waals surface area contributed by atoms with E-state index in [2.05, 4.69) is 6.58 Å². The molecule has 5 nitrogen and oxygen atoms in total. The van der Waals surface area contributed by atoms with Gasteiger partial charge in [0.05, 0.1) is 12.1 Å². The summed E-state index contributed by atoms with van der Waals surface area (Å²) in [6, 6.07) is 5.39. The Morgan fingerprint density at radius 1 is 1.47 bits per heavy atom. The average Bonchev–Trinajstić information content (AvgIpc) is 2.78. The summed E-state index contributed by atoms with van der Waals surface area (Å²) in [7, 11) is 0. The van der Waals surface area contributed by atoms with Crippen molar-refractivity contribution in [1.82, 2.24) is 0 Å². The van der Waals surface area contributed by atoms with Gasteiger partial charge in [-0.1, -0.05) is 24.8 Å². The molecule has 2 rings (SSSR count). The number of amides is 1. The van der Waals surface area contributed by atoms with Gasteiger partial charge in [-0.2, -0.15) is 0 Å². The van der Waals surface area contributed by atoms with E-state index in [1.54, 1.807) is 12.1 Å². The van der Waals surface area contributed by atoms with Crippen LogP contribution >= 0.6 is 0 Å². The Balaban J connectivity index is 2.19. The molecule has 100 valence electrons. The number of rotatable bonds is 4. The Kier molecular flexibility index (Phi) is 3.85. The Morgan fingerprint density at radius 2 is 2.26 bits per heavy atom. The van der Waals surface area contributed by atoms with Crippen LogP contribution in [-0.2, 0) is 22.4 Å². The molecule has 0 saturated carbocycles. The molecule has 1 aromatic carbocycles. The van der Waals surface area contributed by atoms with E-state index in [1.165, 1.54) is 11.0 Å². The molecule has 1 aliphatic rings. The fraction of sp³-hybridized carbons (Fsp3) is 0.286. The lowest BCUT2D eigenvalue weighted by Gasteiger charge is -2.17. The van der Waals surface area contributed by atoms with Crippen LogP contribution in [0.25, 0.3) is 0 Å². The summed E-state index contributed by atoms with van der Waals surface area (Å²) in [5.41, 5.74) is 2.45. The summed E-state index contributed by atoms with van der Waals surface area (Å²) >= 11 is 0. The second-order valence-electron chi connectivity index (χ2n) is 4.30. The highest BCUT2D eigenvalue weighted by Crippen LogP contribution is 2.29. The molecule has 1 aromatic rings. The summed E-state index contributed by atoms with van der Waals surface area (Å²) in [6.07, 6.45) is 1.79. The van der Waals surface area contributed by atoms with Crippen LogP contribution in [-0.4, -0.2) is 30.3 Å². The Hall–Kier alpha value is -2.30. The van der Waals surface area contributed by atoms with Gasteiger partial charge < -0.3 is 9.84 Å². The molecule has 0 saturated heterocycles. The van der Waals surface area contributed by atoms with Gasteiger partial charge in [0.1, 0.15) is 6.61 Å². The van der Waals surface area contributed by atoms with Crippen molar-refractivity contribution in [3.05, 3.63) is 42.0 Å². The third-order valence-corrected chi connectivity index (χ3v) is 2.95. The Bertz CT molecular complexity index is 524. The predicted octanol–water partition coefficient (Wildman–Crippen LogP) is 2.00. The molecule has 1 aliphatic heterocycles. The number of carboxylic acids is 1. The van der Waals surface area contributed by atoms with E-state index >= 15 is 0 Å². The van der Waals surface area contributed by atoms with Gasteiger partial charge in [0, 0.05) is 6.54 Å². The lowest BCUT2D eigenvalue weighted by molar-refractivity contribution is -0.136. The SMILES string of the molecule is C=CCOC(=O)N1CCc2ccc(CC(=O)O)cc21. The zero-order valence-corrected chi connectivity index (χ0v) is 10.5. The minimum absolute atomic E-state index is 0.0528. The molecule has 0 spiro atoms. The zero-order chi connectivity index (χ0) is 13.8. The van der Waals surface area contributed by atoms with Gasteiger partial charge in [0.25, 0.3) is 0 Å². The number of hydrogen-bond donors (Lipinski definition) is 1. The maximum absolute atomic E-state index is 11.8. The number of nitrogens with zero attached hydrogens (tertiary/aromatic N) is 1. The largest absolute Gasteiger partial charge is 0.481 e. The van der Waals surface area contributed by atoms with Crippen LogP contribution in [0.1, 0.15) is 11.1 Å². The number of carboxylic acid groups (broad SMARTS) is 1. The molecule has 0 unspecified atom stereocenters. The van der Waals surface area contributed by atoms with Crippen molar-refractivity contribution in [2.75, 3.05) is 18.1 Å². The predicted molar refractivity (Wildman–Crippen MR) is 70.4 cm³/mol. The van der Waals surface area contributed by atoms with E-state index in [1.807, 2.05) is 6.07 Å². The van der Waals surface area contributed by atoms with Gasteiger partial charge in [-0.05, 0) is 23.6 Å². The topological polar surface area (TPSA) is 66.8 Å². The quantitative estimate of drug-likeness (QED) is 0.842. The highest BCUT2D eigenvalue weighted by molar-refractivity contribution is 5.90. The molecule has 1 heterocycles. The monoisotopic (exact) mass is 261 g/mol. The first-order valence-corrected chi connectivity index (χ1v) is 6.00. The summed E-state index contributed by atoms with van der Waals surface area (Å²) in [4.78, 5) is 24.1. The number of ether oxygens (including phenoxy) is 1. The zero-order valence-electron chi connectivity index (χ0n) is 10.5. The first kappa shape index (κ1) is 13.1. The third-order valence-electron chi connectivity index (χ3n) is 2.95. The van der Waals surface area contributed by atoms with Gasteiger partial charge in [-0.3, -0.25) is 9.69 Å². The van der Waals surface area contributed by atoms with Crippen molar-refractivity contribution in [3.8, 4) is 0 Å². The summed E-state index contributed by atoms with van der Waals surface area (Å²) in [5, 5.41) is 8.79. The Labute approximate surface area is 111 Å². The Morgan fingerprint density at radius 3 is 2.95 bits per heavy atom. The highest BCUT2D eigenvalue weighted by atomic mass is 16.6. The van der Waals surface area contributed by atoms with E-state index < -0.39 is 12.1 Å². The van der Waals surface area contributed by atoms with Crippen LogP contribution in [0.15, 0.2) is 30.9 Å². The molecular formula is C14H15NO4. The molecular weight excluding hydrogens is 246 g/mol. The number of carbonyl (C=O) groups excluding carboxylic acids is 1. The van der Waals surface area contributed by atoms with Crippen molar-refractivity contribution < 1.29 is 19.4 Å². The minimum Gasteiger partial charge on any atom is -0.481 e. The number of hydrogen-bond acceptors (Lipinski definition) is 3. The van der Waals surface area contributed by atoms with Gasteiger partial charge in [0.2, 0.25) is 0 Å². The smallest absolute Gasteiger partial charge is 0.414 e. The molecule has 5 heteroatoms. The number of aliphatic carboxylic acids is 1. The van der Waals surface area contributed by atoms with E-state index in [9.17, 15) is 9.59 Å². The van der Waals surface area contributed by atoms with Crippen molar-refractivity contribution in [2.24, 2.45) is 0 Å². The van der Waals surface area contributed by atoms with Crippen molar-refractivity contribution in [2.45, 2.75) is 12.8 Å². The summed E-state index contributed by atoms with van der Waals surface area (Å²) in [6.45, 7) is 4.21. The maximum Gasteiger partial charge on any atom is 0.414 e. The highest BCUT2D eigenvalue weighted by Gasteiger charge is 2.26. The maximum atomic E-state index is 11.8. The summed E-state index contributed by atoms with van der Waals surface area (Å²) < 4.78 is 5.01. The first-order chi connectivity index (χ1) is 9.11. The molecule has 19 heavy (non-hydrogen) atoms. The van der Waals surface area contributed by atoms with E-state index in [-0.39, 0.29) is 13.0 Å². The lowest BCUT2D eigenvalue weighted by Crippen LogP contribution is -2.29. The van der Waals surface area contributed by atoms with Crippen molar-refractivity contribution in [3.63, 3.8) is 0 Å². The van der Waals surface area contributed by atoms with E-state index in [0.29, 0.717) is 12.1 Å². The number of anilines is 1. The average molecular weight is 261 g/mol.